The topological polar surface area (TPSA) is 0 Å². The Morgan fingerprint density at radius 2 is 1.30 bits per heavy atom. The summed E-state index contributed by atoms with van der Waals surface area (Å²) in [5, 5.41) is 1.28. The van der Waals surface area contributed by atoms with Gasteiger partial charge in [0.2, 0.25) is 0 Å². The summed E-state index contributed by atoms with van der Waals surface area (Å²) in [4.78, 5) is 0. The first-order chi connectivity index (χ1) is 4.41. The van der Waals surface area contributed by atoms with Gasteiger partial charge in [0.15, 0.2) is 0 Å². The van der Waals surface area contributed by atoms with Crippen molar-refractivity contribution < 1.29 is 0 Å². The fourth-order valence-electron chi connectivity index (χ4n) is 2.01. The molecule has 0 radical (unpaired) electrons. The summed E-state index contributed by atoms with van der Waals surface area (Å²) in [5.74, 6) is 0. The molecule has 0 aromatic rings. The summed E-state index contributed by atoms with van der Waals surface area (Å²) in [5.41, 5.74) is 0. The molecule has 0 atom stereocenters. The predicted molar refractivity (Wildman–Crippen MR) is 50.3 cm³/mol. The standard InChI is InChI=1S/C9H19P/c1-8(2)6-5-7-9(3,4)10-8/h10H,5-7H2,1-4H3. The minimum Gasteiger partial charge on any atom is -0.110 e. The number of rotatable bonds is 0. The van der Waals surface area contributed by atoms with Gasteiger partial charge in [0.05, 0.1) is 0 Å². The van der Waals surface area contributed by atoms with Crippen LogP contribution in [0.4, 0.5) is 0 Å². The summed E-state index contributed by atoms with van der Waals surface area (Å²) in [6, 6.07) is 0. The van der Waals surface area contributed by atoms with E-state index in [1.54, 1.807) is 0 Å². The molecular weight excluding hydrogens is 139 g/mol. The van der Waals surface area contributed by atoms with E-state index in [1.807, 2.05) is 0 Å². The van der Waals surface area contributed by atoms with Gasteiger partial charge in [-0.1, -0.05) is 34.1 Å². The van der Waals surface area contributed by atoms with Crippen LogP contribution in [0, 0.1) is 0 Å². The molecule has 1 saturated heterocycles. The summed E-state index contributed by atoms with van der Waals surface area (Å²) < 4.78 is 0. The largest absolute Gasteiger partial charge is 0.110 e. The van der Waals surface area contributed by atoms with Crippen LogP contribution >= 0.6 is 8.58 Å². The molecule has 60 valence electrons. The number of hydrogen-bond donors (Lipinski definition) is 0. The van der Waals surface area contributed by atoms with E-state index < -0.39 is 0 Å². The molecule has 0 spiro atoms. The number of hydrogen-bond acceptors (Lipinski definition) is 0. The molecule has 1 heterocycles. The van der Waals surface area contributed by atoms with Crippen molar-refractivity contribution in [1.29, 1.82) is 0 Å². The highest BCUT2D eigenvalue weighted by Crippen LogP contribution is 2.52. The Balaban J connectivity index is 2.56. The molecule has 0 aromatic heterocycles. The zero-order valence-corrected chi connectivity index (χ0v) is 8.62. The normalized spacial score (nSPS) is 30.0. The van der Waals surface area contributed by atoms with Crippen LogP contribution in [0.5, 0.6) is 0 Å². The van der Waals surface area contributed by atoms with Crippen LogP contribution in [0.1, 0.15) is 47.0 Å². The second kappa shape index (κ2) is 2.48. The summed E-state index contributed by atoms with van der Waals surface area (Å²) in [6.45, 7) is 9.64. The predicted octanol–water partition coefficient (Wildman–Crippen LogP) is 3.41. The van der Waals surface area contributed by atoms with Crippen molar-refractivity contribution >= 4 is 8.58 Å². The lowest BCUT2D eigenvalue weighted by Gasteiger charge is -2.40. The maximum Gasteiger partial charge on any atom is -0.0174 e. The van der Waals surface area contributed by atoms with Crippen LogP contribution in [0.15, 0.2) is 0 Å². The zero-order chi connectivity index (χ0) is 7.83. The van der Waals surface area contributed by atoms with Crippen molar-refractivity contribution in [3.63, 3.8) is 0 Å². The van der Waals surface area contributed by atoms with Crippen molar-refractivity contribution in [2.45, 2.75) is 57.3 Å². The van der Waals surface area contributed by atoms with E-state index in [9.17, 15) is 0 Å². The smallest absolute Gasteiger partial charge is 0.0174 e. The van der Waals surface area contributed by atoms with Crippen molar-refractivity contribution in [3.05, 3.63) is 0 Å². The van der Waals surface area contributed by atoms with Gasteiger partial charge in [-0.3, -0.25) is 0 Å². The van der Waals surface area contributed by atoms with Gasteiger partial charge in [0.1, 0.15) is 0 Å². The summed E-state index contributed by atoms with van der Waals surface area (Å²) in [6.07, 6.45) is 4.32. The Morgan fingerprint density at radius 3 is 1.50 bits per heavy atom. The SMILES string of the molecule is CC1(C)CCCC(C)(C)P1. The minimum atomic E-state index is 0.641. The van der Waals surface area contributed by atoms with Crippen LogP contribution in [0.3, 0.4) is 0 Å². The minimum absolute atomic E-state index is 0.641. The van der Waals surface area contributed by atoms with Gasteiger partial charge < -0.3 is 0 Å². The van der Waals surface area contributed by atoms with Crippen LogP contribution in [0.2, 0.25) is 0 Å². The van der Waals surface area contributed by atoms with Gasteiger partial charge in [-0.15, -0.1) is 8.58 Å². The van der Waals surface area contributed by atoms with Crippen LogP contribution in [-0.4, -0.2) is 10.3 Å². The molecule has 1 heteroatoms. The highest BCUT2D eigenvalue weighted by atomic mass is 31.1. The molecule has 1 aliphatic heterocycles. The molecule has 1 fully saturated rings. The lowest BCUT2D eigenvalue weighted by atomic mass is 9.98. The van der Waals surface area contributed by atoms with Crippen LogP contribution in [-0.2, 0) is 0 Å². The van der Waals surface area contributed by atoms with Crippen molar-refractivity contribution in [2.24, 2.45) is 0 Å². The van der Waals surface area contributed by atoms with E-state index in [-0.39, 0.29) is 0 Å². The first kappa shape index (κ1) is 8.53. The van der Waals surface area contributed by atoms with Gasteiger partial charge in [-0.05, 0) is 23.2 Å². The average molecular weight is 158 g/mol. The van der Waals surface area contributed by atoms with Gasteiger partial charge in [0, 0.05) is 0 Å². The third kappa shape index (κ3) is 2.23. The second-order valence-corrected chi connectivity index (χ2v) is 7.70. The molecular formula is C9H19P. The Morgan fingerprint density at radius 1 is 0.900 bits per heavy atom. The van der Waals surface area contributed by atoms with Crippen LogP contribution in [0.25, 0.3) is 0 Å². The Labute approximate surface area is 66.6 Å². The second-order valence-electron chi connectivity index (χ2n) is 4.75. The van der Waals surface area contributed by atoms with E-state index in [0.717, 1.165) is 8.58 Å². The first-order valence-corrected chi connectivity index (χ1v) is 5.21. The maximum absolute atomic E-state index is 2.41. The third-order valence-corrected chi connectivity index (χ3v) is 4.13. The fraction of sp³-hybridized carbons (Fsp3) is 1.00. The molecule has 0 aromatic carbocycles. The molecule has 1 rings (SSSR count). The molecule has 10 heavy (non-hydrogen) atoms. The average Bonchev–Trinajstić information content (AvgIpc) is 1.56. The molecule has 0 saturated carbocycles. The Kier molecular flexibility index (Phi) is 2.12. The van der Waals surface area contributed by atoms with E-state index >= 15 is 0 Å². The fourth-order valence-corrected chi connectivity index (χ4v) is 4.45. The Hall–Kier alpha value is 0.430. The van der Waals surface area contributed by atoms with E-state index in [4.69, 9.17) is 0 Å². The monoisotopic (exact) mass is 158 g/mol. The summed E-state index contributed by atoms with van der Waals surface area (Å²) >= 11 is 0. The van der Waals surface area contributed by atoms with Gasteiger partial charge in [-0.25, -0.2) is 0 Å². The molecule has 0 unspecified atom stereocenters. The summed E-state index contributed by atoms with van der Waals surface area (Å²) in [7, 11) is 1.16. The molecule has 0 amide bonds. The van der Waals surface area contributed by atoms with Crippen molar-refractivity contribution in [3.8, 4) is 0 Å². The maximum atomic E-state index is 2.41. The van der Waals surface area contributed by atoms with Crippen molar-refractivity contribution in [1.82, 2.24) is 0 Å². The van der Waals surface area contributed by atoms with Crippen molar-refractivity contribution in [2.75, 3.05) is 0 Å². The van der Waals surface area contributed by atoms with Gasteiger partial charge in [0.25, 0.3) is 0 Å². The van der Waals surface area contributed by atoms with E-state index in [2.05, 4.69) is 27.7 Å². The molecule has 0 aliphatic carbocycles. The lowest BCUT2D eigenvalue weighted by Crippen LogP contribution is -2.28. The molecule has 0 bridgehead atoms. The highest BCUT2D eigenvalue weighted by molar-refractivity contribution is 7.41. The molecule has 1 aliphatic rings. The zero-order valence-electron chi connectivity index (χ0n) is 7.62. The first-order valence-electron chi connectivity index (χ1n) is 4.21. The van der Waals surface area contributed by atoms with Gasteiger partial charge >= 0.3 is 0 Å². The molecule has 0 nitrogen and oxygen atoms in total. The Bertz CT molecular complexity index is 111. The third-order valence-electron chi connectivity index (χ3n) is 2.28. The lowest BCUT2D eigenvalue weighted by molar-refractivity contribution is 0.476. The molecule has 0 N–H and O–H groups in total. The quantitative estimate of drug-likeness (QED) is 0.474. The highest BCUT2D eigenvalue weighted by Gasteiger charge is 2.32. The van der Waals surface area contributed by atoms with Gasteiger partial charge in [-0.2, -0.15) is 0 Å². The van der Waals surface area contributed by atoms with Crippen LogP contribution < -0.4 is 0 Å². The van der Waals surface area contributed by atoms with E-state index in [0.29, 0.717) is 10.3 Å². The van der Waals surface area contributed by atoms with E-state index in [1.165, 1.54) is 19.3 Å².